The van der Waals surface area contributed by atoms with Gasteiger partial charge in [-0.2, -0.15) is 4.31 Å². The summed E-state index contributed by atoms with van der Waals surface area (Å²) in [6.07, 6.45) is 3.18. The van der Waals surface area contributed by atoms with Gasteiger partial charge in [-0.3, -0.25) is 0 Å². The third-order valence-electron chi connectivity index (χ3n) is 3.27. The number of sulfonamides is 1. The van der Waals surface area contributed by atoms with Gasteiger partial charge in [0.2, 0.25) is 0 Å². The highest BCUT2D eigenvalue weighted by Crippen LogP contribution is 2.17. The fraction of sp³-hybridized carbons (Fsp3) is 0.750. The van der Waals surface area contributed by atoms with E-state index in [-0.39, 0.29) is 11.1 Å². The van der Waals surface area contributed by atoms with Crippen LogP contribution in [0.2, 0.25) is 0 Å². The van der Waals surface area contributed by atoms with Crippen molar-refractivity contribution in [3.63, 3.8) is 0 Å². The molecule has 0 saturated carbocycles. The summed E-state index contributed by atoms with van der Waals surface area (Å²) in [5.74, 6) is 0.723. The average Bonchev–Trinajstić information content (AvgIpc) is 2.71. The van der Waals surface area contributed by atoms with Crippen LogP contribution in [0, 0.1) is 6.92 Å². The molecule has 0 amide bonds. The monoisotopic (exact) mass is 288 g/mol. The van der Waals surface area contributed by atoms with Crippen LogP contribution in [0.15, 0.2) is 11.2 Å². The fourth-order valence-electron chi connectivity index (χ4n) is 1.88. The topological polar surface area (TPSA) is 81.2 Å². The lowest BCUT2D eigenvalue weighted by molar-refractivity contribution is 0.373. The predicted octanol–water partition coefficient (Wildman–Crippen LogP) is 0.959. The third kappa shape index (κ3) is 3.55. The van der Waals surface area contributed by atoms with Crippen LogP contribution >= 0.6 is 0 Å². The Hall–Kier alpha value is -0.920. The van der Waals surface area contributed by atoms with Crippen molar-refractivity contribution in [3.8, 4) is 0 Å². The maximum absolute atomic E-state index is 12.4. The van der Waals surface area contributed by atoms with Crippen LogP contribution in [0.5, 0.6) is 0 Å². The quantitative estimate of drug-likeness (QED) is 0.810. The molecule has 2 N–H and O–H groups in total. The van der Waals surface area contributed by atoms with E-state index in [0.717, 1.165) is 18.8 Å². The van der Waals surface area contributed by atoms with Crippen LogP contribution in [0.4, 0.5) is 0 Å². The summed E-state index contributed by atoms with van der Waals surface area (Å²) in [6, 6.07) is -0.133. The first-order chi connectivity index (χ1) is 8.84. The summed E-state index contributed by atoms with van der Waals surface area (Å²) in [5, 5.41) is 0.116. The van der Waals surface area contributed by atoms with Crippen LogP contribution < -0.4 is 5.73 Å². The predicted molar refractivity (Wildman–Crippen MR) is 75.3 cm³/mol. The van der Waals surface area contributed by atoms with E-state index in [4.69, 9.17) is 5.73 Å². The van der Waals surface area contributed by atoms with Crippen molar-refractivity contribution in [3.05, 3.63) is 12.0 Å². The Balaban J connectivity index is 3.03. The van der Waals surface area contributed by atoms with Crippen LogP contribution in [0.3, 0.4) is 0 Å². The summed E-state index contributed by atoms with van der Waals surface area (Å²) >= 11 is 0. The van der Waals surface area contributed by atoms with Gasteiger partial charge in [0, 0.05) is 25.8 Å². The van der Waals surface area contributed by atoms with Gasteiger partial charge in [0.05, 0.1) is 0 Å². The van der Waals surface area contributed by atoms with E-state index in [1.165, 1.54) is 4.31 Å². The lowest BCUT2D eigenvalue weighted by Crippen LogP contribution is -2.36. The lowest BCUT2D eigenvalue weighted by Gasteiger charge is -2.22. The van der Waals surface area contributed by atoms with E-state index in [2.05, 4.69) is 4.98 Å². The molecule has 0 radical (unpaired) electrons. The van der Waals surface area contributed by atoms with E-state index in [1.54, 1.807) is 13.2 Å². The van der Waals surface area contributed by atoms with E-state index >= 15 is 0 Å². The third-order valence-corrected chi connectivity index (χ3v) is 5.11. The first kappa shape index (κ1) is 16.1. The Morgan fingerprint density at radius 1 is 1.53 bits per heavy atom. The molecule has 19 heavy (non-hydrogen) atoms. The van der Waals surface area contributed by atoms with E-state index in [9.17, 15) is 8.42 Å². The van der Waals surface area contributed by atoms with Crippen LogP contribution in [0.1, 0.15) is 32.5 Å². The van der Waals surface area contributed by atoms with Crippen molar-refractivity contribution in [2.24, 2.45) is 5.73 Å². The molecule has 7 heteroatoms. The van der Waals surface area contributed by atoms with Crippen molar-refractivity contribution >= 4 is 10.0 Å². The summed E-state index contributed by atoms with van der Waals surface area (Å²) in [7, 11) is -1.96. The Labute approximate surface area is 115 Å². The first-order valence-electron chi connectivity index (χ1n) is 6.56. The van der Waals surface area contributed by atoms with E-state index in [1.807, 2.05) is 25.3 Å². The highest BCUT2D eigenvalue weighted by molar-refractivity contribution is 7.89. The van der Waals surface area contributed by atoms with Gasteiger partial charge in [0.25, 0.3) is 10.0 Å². The van der Waals surface area contributed by atoms with Crippen LogP contribution in [0.25, 0.3) is 0 Å². The normalized spacial score (nSPS) is 14.0. The molecule has 1 unspecified atom stereocenters. The Morgan fingerprint density at radius 3 is 2.68 bits per heavy atom. The van der Waals surface area contributed by atoms with Crippen molar-refractivity contribution in [1.82, 2.24) is 13.9 Å². The first-order valence-corrected chi connectivity index (χ1v) is 8.00. The number of hydrogen-bond donors (Lipinski definition) is 1. The van der Waals surface area contributed by atoms with Gasteiger partial charge in [0.15, 0.2) is 5.03 Å². The van der Waals surface area contributed by atoms with E-state index < -0.39 is 10.0 Å². The second kappa shape index (κ2) is 6.49. The number of imidazole rings is 1. The largest absolute Gasteiger partial charge is 0.334 e. The molecular formula is C12H24N4O2S. The van der Waals surface area contributed by atoms with Gasteiger partial charge in [-0.25, -0.2) is 13.4 Å². The molecule has 0 aliphatic heterocycles. The fourth-order valence-corrected chi connectivity index (χ4v) is 3.26. The summed E-state index contributed by atoms with van der Waals surface area (Å²) in [4.78, 5) is 4.17. The molecule has 0 bridgehead atoms. The number of hydrogen-bond acceptors (Lipinski definition) is 4. The second-order valence-corrected chi connectivity index (χ2v) is 6.71. The highest BCUT2D eigenvalue weighted by Gasteiger charge is 2.27. The average molecular weight is 288 g/mol. The molecular weight excluding hydrogens is 264 g/mol. The van der Waals surface area contributed by atoms with Crippen LogP contribution in [-0.2, 0) is 16.6 Å². The summed E-state index contributed by atoms with van der Waals surface area (Å²) in [6.45, 7) is 6.95. The molecule has 1 aromatic rings. The SMILES string of the molecule is CCCn1cc(S(=O)(=O)N(C)C(C)CCN)nc1C. The Kier molecular flexibility index (Phi) is 5.51. The zero-order valence-corrected chi connectivity index (χ0v) is 12.9. The molecule has 0 saturated heterocycles. The molecule has 1 heterocycles. The minimum absolute atomic E-state index is 0.116. The lowest BCUT2D eigenvalue weighted by atomic mass is 10.2. The maximum atomic E-state index is 12.4. The number of aryl methyl sites for hydroxylation is 2. The van der Waals surface area contributed by atoms with Gasteiger partial charge in [-0.05, 0) is 33.2 Å². The molecule has 0 aromatic carbocycles. The second-order valence-electron chi connectivity index (χ2n) is 4.77. The minimum atomic E-state index is -3.53. The summed E-state index contributed by atoms with van der Waals surface area (Å²) in [5.41, 5.74) is 5.48. The van der Waals surface area contributed by atoms with Crippen LogP contribution in [-0.4, -0.2) is 41.9 Å². The Bertz CT molecular complexity index is 510. The smallest absolute Gasteiger partial charge is 0.262 e. The molecule has 0 aliphatic rings. The van der Waals surface area contributed by atoms with Crippen molar-refractivity contribution in [1.29, 1.82) is 0 Å². The summed E-state index contributed by atoms with van der Waals surface area (Å²) < 4.78 is 28.1. The van der Waals surface area contributed by atoms with Crippen molar-refractivity contribution in [2.45, 2.75) is 51.2 Å². The zero-order valence-electron chi connectivity index (χ0n) is 12.1. The van der Waals surface area contributed by atoms with E-state index in [0.29, 0.717) is 13.0 Å². The van der Waals surface area contributed by atoms with Gasteiger partial charge in [0.1, 0.15) is 5.82 Å². The van der Waals surface area contributed by atoms with Gasteiger partial charge >= 0.3 is 0 Å². The van der Waals surface area contributed by atoms with Gasteiger partial charge in [-0.1, -0.05) is 6.92 Å². The molecule has 0 aliphatic carbocycles. The number of nitrogens with two attached hydrogens (primary N) is 1. The maximum Gasteiger partial charge on any atom is 0.262 e. The molecule has 0 fully saturated rings. The zero-order chi connectivity index (χ0) is 14.6. The highest BCUT2D eigenvalue weighted by atomic mass is 32.2. The molecule has 1 atom stereocenters. The van der Waals surface area contributed by atoms with Gasteiger partial charge in [-0.15, -0.1) is 0 Å². The van der Waals surface area contributed by atoms with Gasteiger partial charge < -0.3 is 10.3 Å². The minimum Gasteiger partial charge on any atom is -0.334 e. The van der Waals surface area contributed by atoms with Crippen molar-refractivity contribution in [2.75, 3.05) is 13.6 Å². The molecule has 1 aromatic heterocycles. The number of nitrogens with zero attached hydrogens (tertiary/aromatic N) is 3. The Morgan fingerprint density at radius 2 is 2.16 bits per heavy atom. The molecule has 1 rings (SSSR count). The molecule has 0 spiro atoms. The standard InChI is InChI=1S/C12H24N4O2S/c1-5-8-16-9-12(14-11(16)3)19(17,18)15(4)10(2)6-7-13/h9-10H,5-8,13H2,1-4H3. The number of aromatic nitrogens is 2. The van der Waals surface area contributed by atoms with Crippen molar-refractivity contribution < 1.29 is 8.42 Å². The molecule has 6 nitrogen and oxygen atoms in total. The molecule has 110 valence electrons. The number of rotatable bonds is 7.